The number of aromatic hydroxyl groups is 1. The van der Waals surface area contributed by atoms with Crippen LogP contribution in [-0.2, 0) is 11.2 Å². The summed E-state index contributed by atoms with van der Waals surface area (Å²) in [6.45, 7) is 9.06. The minimum atomic E-state index is -0.896. The lowest BCUT2D eigenvalue weighted by molar-refractivity contribution is -0.136. The van der Waals surface area contributed by atoms with Crippen molar-refractivity contribution >= 4 is 11.8 Å². The summed E-state index contributed by atoms with van der Waals surface area (Å²) in [5.41, 5.74) is 3.34. The van der Waals surface area contributed by atoms with E-state index in [-0.39, 0.29) is 24.4 Å². The molecule has 32 heavy (non-hydrogen) atoms. The first-order valence-corrected chi connectivity index (χ1v) is 11.1. The zero-order valence-electron chi connectivity index (χ0n) is 19.4. The van der Waals surface area contributed by atoms with Crippen LogP contribution >= 0.6 is 0 Å². The monoisotopic (exact) mass is 442 g/mol. The highest BCUT2D eigenvalue weighted by Crippen LogP contribution is 2.27. The number of carbonyl (C=O) groups is 2. The molecule has 2 aromatic rings. The van der Waals surface area contributed by atoms with Crippen molar-refractivity contribution in [2.45, 2.75) is 59.8 Å². The largest absolute Gasteiger partial charge is 0.508 e. The number of benzene rings is 2. The van der Waals surface area contributed by atoms with Gasteiger partial charge in [-0.25, -0.2) is 0 Å². The Morgan fingerprint density at radius 1 is 0.969 bits per heavy atom. The number of aryl methyl sites for hydroxylation is 1. The summed E-state index contributed by atoms with van der Waals surface area (Å²) in [6.07, 6.45) is 2.39. The molecular formula is C26H34O6. The lowest BCUT2D eigenvalue weighted by Gasteiger charge is -2.15. The van der Waals surface area contributed by atoms with Crippen LogP contribution in [0.1, 0.15) is 66.6 Å². The van der Waals surface area contributed by atoms with Gasteiger partial charge >= 0.3 is 5.97 Å². The molecule has 174 valence electrons. The van der Waals surface area contributed by atoms with Crippen molar-refractivity contribution in [3.8, 4) is 17.2 Å². The Kier molecular flexibility index (Phi) is 9.57. The van der Waals surface area contributed by atoms with Crippen LogP contribution in [-0.4, -0.2) is 35.2 Å². The molecule has 0 aliphatic rings. The number of hydrogen-bond donors (Lipinski definition) is 2. The number of carbonyl (C=O) groups excluding carboxylic acids is 1. The van der Waals surface area contributed by atoms with Gasteiger partial charge in [0.2, 0.25) is 0 Å². The summed E-state index contributed by atoms with van der Waals surface area (Å²) in [4.78, 5) is 23.0. The van der Waals surface area contributed by atoms with Crippen LogP contribution in [0.4, 0.5) is 0 Å². The van der Waals surface area contributed by atoms with Crippen LogP contribution in [0.5, 0.6) is 17.2 Å². The number of aliphatic carboxylic acids is 1. The van der Waals surface area contributed by atoms with Crippen LogP contribution in [0.25, 0.3) is 0 Å². The molecule has 0 spiro atoms. The van der Waals surface area contributed by atoms with Crippen LogP contribution in [0.15, 0.2) is 30.3 Å². The average molecular weight is 443 g/mol. The Balaban J connectivity index is 1.76. The second kappa shape index (κ2) is 12.1. The van der Waals surface area contributed by atoms with E-state index in [1.807, 2.05) is 39.8 Å². The summed E-state index contributed by atoms with van der Waals surface area (Å²) in [6, 6.07) is 8.68. The number of unbranched alkanes of at least 4 members (excludes halogenated alkanes) is 1. The molecule has 2 aromatic carbocycles. The first-order valence-electron chi connectivity index (χ1n) is 11.1. The van der Waals surface area contributed by atoms with Gasteiger partial charge in [-0.15, -0.1) is 0 Å². The Morgan fingerprint density at radius 2 is 1.66 bits per heavy atom. The molecule has 2 rings (SSSR count). The molecule has 0 bridgehead atoms. The third-order valence-electron chi connectivity index (χ3n) is 5.36. The Labute approximate surface area is 190 Å². The molecule has 0 fully saturated rings. The standard InChI is InChI=1S/C26H34O6/c1-17(2)15-24(28)22-10-11-25(19(4)18(22)3)32-14-6-5-13-31-21-9-7-20(23(27)16-21)8-12-26(29)30/h7,9-11,16-17,27H,5-6,8,12-15H2,1-4H3,(H,29,30). The maximum Gasteiger partial charge on any atom is 0.303 e. The molecule has 6 nitrogen and oxygen atoms in total. The zero-order chi connectivity index (χ0) is 23.7. The predicted molar refractivity (Wildman–Crippen MR) is 124 cm³/mol. The van der Waals surface area contributed by atoms with Gasteiger partial charge in [0.15, 0.2) is 5.78 Å². The topological polar surface area (TPSA) is 93.1 Å². The second-order valence-electron chi connectivity index (χ2n) is 8.47. The van der Waals surface area contributed by atoms with E-state index in [9.17, 15) is 14.7 Å². The molecule has 0 amide bonds. The molecule has 0 aromatic heterocycles. The highest BCUT2D eigenvalue weighted by Gasteiger charge is 2.14. The lowest BCUT2D eigenvalue weighted by atomic mass is 9.95. The Morgan fingerprint density at radius 3 is 2.28 bits per heavy atom. The second-order valence-corrected chi connectivity index (χ2v) is 8.47. The van der Waals surface area contributed by atoms with Crippen molar-refractivity contribution in [1.82, 2.24) is 0 Å². The van der Waals surface area contributed by atoms with Crippen molar-refractivity contribution in [3.05, 3.63) is 52.6 Å². The van der Waals surface area contributed by atoms with E-state index in [4.69, 9.17) is 14.6 Å². The van der Waals surface area contributed by atoms with Gasteiger partial charge in [-0.3, -0.25) is 9.59 Å². The predicted octanol–water partition coefficient (Wildman–Crippen LogP) is 5.49. The fourth-order valence-corrected chi connectivity index (χ4v) is 3.40. The lowest BCUT2D eigenvalue weighted by Crippen LogP contribution is -2.08. The van der Waals surface area contributed by atoms with Gasteiger partial charge in [-0.05, 0) is 73.9 Å². The van der Waals surface area contributed by atoms with E-state index in [1.165, 1.54) is 6.07 Å². The molecular weight excluding hydrogens is 408 g/mol. The van der Waals surface area contributed by atoms with E-state index < -0.39 is 5.97 Å². The summed E-state index contributed by atoms with van der Waals surface area (Å²) in [5.74, 6) is 1.01. The number of ketones is 1. The van der Waals surface area contributed by atoms with Crippen molar-refractivity contribution in [2.24, 2.45) is 5.92 Å². The summed E-state index contributed by atoms with van der Waals surface area (Å²) >= 11 is 0. The first-order chi connectivity index (χ1) is 15.2. The number of hydrogen-bond acceptors (Lipinski definition) is 5. The molecule has 0 heterocycles. The quantitative estimate of drug-likeness (QED) is 0.315. The fraction of sp³-hybridized carbons (Fsp3) is 0.462. The Hall–Kier alpha value is -3.02. The van der Waals surface area contributed by atoms with Crippen molar-refractivity contribution in [3.63, 3.8) is 0 Å². The normalized spacial score (nSPS) is 10.9. The summed E-state index contributed by atoms with van der Waals surface area (Å²) < 4.78 is 11.6. The number of Topliss-reactive ketones (excluding diaryl/α,β-unsaturated/α-hetero) is 1. The van der Waals surface area contributed by atoms with E-state index in [0.29, 0.717) is 36.9 Å². The van der Waals surface area contributed by atoms with Crippen molar-refractivity contribution < 1.29 is 29.3 Å². The molecule has 0 aliphatic heterocycles. The maximum absolute atomic E-state index is 12.4. The molecule has 2 N–H and O–H groups in total. The zero-order valence-corrected chi connectivity index (χ0v) is 19.4. The maximum atomic E-state index is 12.4. The molecule has 0 saturated carbocycles. The van der Waals surface area contributed by atoms with Crippen molar-refractivity contribution in [1.29, 1.82) is 0 Å². The molecule has 0 saturated heterocycles. The highest BCUT2D eigenvalue weighted by molar-refractivity contribution is 5.98. The van der Waals surface area contributed by atoms with Crippen LogP contribution in [0, 0.1) is 19.8 Å². The SMILES string of the molecule is Cc1c(OCCCCOc2ccc(CCC(=O)O)c(O)c2)ccc(C(=O)CC(C)C)c1C. The number of phenols is 1. The van der Waals surface area contributed by atoms with Crippen molar-refractivity contribution in [2.75, 3.05) is 13.2 Å². The van der Waals surface area contributed by atoms with E-state index >= 15 is 0 Å². The average Bonchev–Trinajstić information content (AvgIpc) is 2.72. The minimum absolute atomic E-state index is 0.0241. The number of carboxylic acids is 1. The minimum Gasteiger partial charge on any atom is -0.508 e. The highest BCUT2D eigenvalue weighted by atomic mass is 16.5. The van der Waals surface area contributed by atoms with Crippen LogP contribution in [0.3, 0.4) is 0 Å². The van der Waals surface area contributed by atoms with Gasteiger partial charge in [0.05, 0.1) is 13.2 Å². The Bertz CT molecular complexity index is 932. The summed E-state index contributed by atoms with van der Waals surface area (Å²) in [7, 11) is 0. The number of ether oxygens (including phenoxy) is 2. The van der Waals surface area contributed by atoms with E-state index in [2.05, 4.69) is 0 Å². The molecule has 0 unspecified atom stereocenters. The third-order valence-corrected chi connectivity index (χ3v) is 5.36. The molecule has 0 atom stereocenters. The van der Waals surface area contributed by atoms with Gasteiger partial charge in [-0.2, -0.15) is 0 Å². The molecule has 6 heteroatoms. The van der Waals surface area contributed by atoms with E-state index in [1.54, 1.807) is 12.1 Å². The van der Waals surface area contributed by atoms with Gasteiger partial charge < -0.3 is 19.7 Å². The van der Waals surface area contributed by atoms with Gasteiger partial charge in [-0.1, -0.05) is 19.9 Å². The van der Waals surface area contributed by atoms with E-state index in [0.717, 1.165) is 35.3 Å². The third kappa shape index (κ3) is 7.59. The van der Waals surface area contributed by atoms with Crippen LogP contribution < -0.4 is 9.47 Å². The van der Waals surface area contributed by atoms with Gasteiger partial charge in [0, 0.05) is 24.5 Å². The fourth-order valence-electron chi connectivity index (χ4n) is 3.40. The van der Waals surface area contributed by atoms with Gasteiger partial charge in [0.1, 0.15) is 17.2 Å². The number of carboxylic acid groups (broad SMARTS) is 1. The first kappa shape index (κ1) is 25.2. The van der Waals surface area contributed by atoms with Crippen LogP contribution in [0.2, 0.25) is 0 Å². The number of phenolic OH excluding ortho intramolecular Hbond substituents is 1. The van der Waals surface area contributed by atoms with Gasteiger partial charge in [0.25, 0.3) is 0 Å². The number of rotatable bonds is 13. The summed E-state index contributed by atoms with van der Waals surface area (Å²) in [5, 5.41) is 18.7. The molecule has 0 radical (unpaired) electrons. The smallest absolute Gasteiger partial charge is 0.303 e. The molecule has 0 aliphatic carbocycles.